The predicted octanol–water partition coefficient (Wildman–Crippen LogP) is 2.00. The largest absolute Gasteiger partial charge is 0.480 e. The minimum atomic E-state index is -1.13. The molecule has 21 heavy (non-hydrogen) atoms. The van der Waals surface area contributed by atoms with Crippen LogP contribution in [0.1, 0.15) is 27.0 Å². The Labute approximate surface area is 124 Å². The van der Waals surface area contributed by atoms with E-state index in [1.165, 1.54) is 6.08 Å². The number of hydrogen-bond donors (Lipinski definition) is 2. The number of hydrogen-bond acceptors (Lipinski definition) is 3. The first-order valence-corrected chi connectivity index (χ1v) is 6.67. The smallest absolute Gasteiger partial charge is 0.328 e. The topological polar surface area (TPSA) is 75.6 Å². The molecule has 1 amide bonds. The van der Waals surface area contributed by atoms with E-state index in [1.54, 1.807) is 0 Å². The van der Waals surface area contributed by atoms with Crippen LogP contribution >= 0.6 is 0 Å². The van der Waals surface area contributed by atoms with Crippen molar-refractivity contribution in [2.45, 2.75) is 26.8 Å². The van der Waals surface area contributed by atoms with Crippen molar-refractivity contribution >= 4 is 11.9 Å². The number of carbonyl (C=O) groups is 2. The third-order valence-corrected chi connectivity index (χ3v) is 3.03. The molecule has 1 rings (SSSR count). The highest BCUT2D eigenvalue weighted by Crippen LogP contribution is 2.16. The van der Waals surface area contributed by atoms with Crippen LogP contribution in [0.25, 0.3) is 0 Å². The van der Waals surface area contributed by atoms with Crippen LogP contribution in [-0.4, -0.2) is 36.2 Å². The van der Waals surface area contributed by atoms with E-state index in [-0.39, 0.29) is 13.2 Å². The summed E-state index contributed by atoms with van der Waals surface area (Å²) in [7, 11) is 0. The van der Waals surface area contributed by atoms with Crippen molar-refractivity contribution in [1.29, 1.82) is 0 Å². The Hall–Kier alpha value is -2.14. The predicted molar refractivity (Wildman–Crippen MR) is 80.6 cm³/mol. The molecule has 1 aromatic rings. The first-order chi connectivity index (χ1) is 9.86. The molecule has 0 aliphatic carbocycles. The number of carboxylic acid groups (broad SMARTS) is 1. The second-order valence-electron chi connectivity index (χ2n) is 4.96. The summed E-state index contributed by atoms with van der Waals surface area (Å²) in [5.74, 6) is -1.53. The fourth-order valence-corrected chi connectivity index (χ4v) is 2.21. The van der Waals surface area contributed by atoms with Crippen LogP contribution in [0.4, 0.5) is 0 Å². The molecule has 5 heteroatoms. The number of amides is 1. The Balaban J connectivity index is 2.87. The summed E-state index contributed by atoms with van der Waals surface area (Å²) in [4.78, 5) is 23.5. The van der Waals surface area contributed by atoms with E-state index >= 15 is 0 Å². The minimum absolute atomic E-state index is 0.100. The summed E-state index contributed by atoms with van der Waals surface area (Å²) in [5, 5.41) is 11.6. The van der Waals surface area contributed by atoms with Crippen molar-refractivity contribution in [2.75, 3.05) is 13.2 Å². The molecule has 0 saturated carbocycles. The summed E-state index contributed by atoms with van der Waals surface area (Å²) < 4.78 is 5.11. The number of aryl methyl sites for hydroxylation is 3. The van der Waals surface area contributed by atoms with Gasteiger partial charge in [0.25, 0.3) is 5.91 Å². The average Bonchev–Trinajstić information content (AvgIpc) is 2.36. The number of aliphatic carboxylic acids is 1. The number of rotatable bonds is 7. The Morgan fingerprint density at radius 2 is 1.90 bits per heavy atom. The zero-order valence-electron chi connectivity index (χ0n) is 12.6. The molecule has 0 aliphatic heterocycles. The summed E-state index contributed by atoms with van der Waals surface area (Å²) in [6.45, 7) is 9.23. The molecule has 0 saturated heterocycles. The SMILES string of the molecule is C=CCOCC(NC(=O)c1c(C)cc(C)cc1C)C(=O)O. The van der Waals surface area contributed by atoms with Gasteiger partial charge < -0.3 is 15.2 Å². The van der Waals surface area contributed by atoms with Crippen LogP contribution < -0.4 is 5.32 Å². The van der Waals surface area contributed by atoms with Gasteiger partial charge in [-0.15, -0.1) is 6.58 Å². The van der Waals surface area contributed by atoms with Crippen molar-refractivity contribution < 1.29 is 19.4 Å². The number of benzene rings is 1. The zero-order valence-corrected chi connectivity index (χ0v) is 12.6. The van der Waals surface area contributed by atoms with Crippen LogP contribution in [0.3, 0.4) is 0 Å². The van der Waals surface area contributed by atoms with Crippen molar-refractivity contribution in [3.8, 4) is 0 Å². The van der Waals surface area contributed by atoms with Crippen molar-refractivity contribution in [3.05, 3.63) is 47.0 Å². The maximum atomic E-state index is 12.3. The van der Waals surface area contributed by atoms with Gasteiger partial charge in [0, 0.05) is 5.56 Å². The van der Waals surface area contributed by atoms with Gasteiger partial charge in [0.05, 0.1) is 13.2 Å². The second kappa shape index (κ2) is 7.59. The number of carbonyl (C=O) groups excluding carboxylic acids is 1. The molecule has 0 aliphatic rings. The van der Waals surface area contributed by atoms with Gasteiger partial charge in [-0.3, -0.25) is 4.79 Å². The van der Waals surface area contributed by atoms with Crippen molar-refractivity contribution in [1.82, 2.24) is 5.32 Å². The van der Waals surface area contributed by atoms with Crippen LogP contribution in [0.2, 0.25) is 0 Å². The quantitative estimate of drug-likeness (QED) is 0.595. The van der Waals surface area contributed by atoms with Crippen LogP contribution in [0, 0.1) is 20.8 Å². The first kappa shape index (κ1) is 16.9. The van der Waals surface area contributed by atoms with Crippen LogP contribution in [0.5, 0.6) is 0 Å². The lowest BCUT2D eigenvalue weighted by atomic mass is 9.99. The highest BCUT2D eigenvalue weighted by Gasteiger charge is 2.22. The fraction of sp³-hybridized carbons (Fsp3) is 0.375. The van der Waals surface area contributed by atoms with E-state index in [0.717, 1.165) is 16.7 Å². The van der Waals surface area contributed by atoms with Gasteiger partial charge in [-0.2, -0.15) is 0 Å². The molecule has 114 valence electrons. The van der Waals surface area contributed by atoms with Crippen LogP contribution in [0.15, 0.2) is 24.8 Å². The van der Waals surface area contributed by atoms with Crippen LogP contribution in [-0.2, 0) is 9.53 Å². The molecule has 1 atom stereocenters. The van der Waals surface area contributed by atoms with Gasteiger partial charge in [0.15, 0.2) is 6.04 Å². The van der Waals surface area contributed by atoms with E-state index < -0.39 is 17.9 Å². The monoisotopic (exact) mass is 291 g/mol. The summed E-state index contributed by atoms with van der Waals surface area (Å²) in [6.07, 6.45) is 1.52. The third-order valence-electron chi connectivity index (χ3n) is 3.03. The molecule has 0 spiro atoms. The lowest BCUT2D eigenvalue weighted by Crippen LogP contribution is -2.44. The van der Waals surface area contributed by atoms with Gasteiger partial charge in [-0.1, -0.05) is 23.8 Å². The molecular weight excluding hydrogens is 270 g/mol. The highest BCUT2D eigenvalue weighted by molar-refractivity contribution is 5.99. The molecular formula is C16H21NO4. The summed E-state index contributed by atoms with van der Waals surface area (Å²) >= 11 is 0. The zero-order chi connectivity index (χ0) is 16.0. The minimum Gasteiger partial charge on any atom is -0.480 e. The Morgan fingerprint density at radius 3 is 2.38 bits per heavy atom. The fourth-order valence-electron chi connectivity index (χ4n) is 2.21. The lowest BCUT2D eigenvalue weighted by molar-refractivity contribution is -0.140. The second-order valence-corrected chi connectivity index (χ2v) is 4.96. The summed E-state index contributed by atoms with van der Waals surface area (Å²) in [5.41, 5.74) is 3.21. The molecule has 0 bridgehead atoms. The van der Waals surface area contributed by atoms with Gasteiger partial charge in [-0.25, -0.2) is 4.79 Å². The van der Waals surface area contributed by atoms with Gasteiger partial charge in [0.1, 0.15) is 0 Å². The maximum Gasteiger partial charge on any atom is 0.328 e. The molecule has 0 heterocycles. The molecule has 1 aromatic carbocycles. The molecule has 0 fully saturated rings. The van der Waals surface area contributed by atoms with E-state index in [0.29, 0.717) is 5.56 Å². The maximum absolute atomic E-state index is 12.3. The number of ether oxygens (including phenoxy) is 1. The molecule has 5 nitrogen and oxygen atoms in total. The van der Waals surface area contributed by atoms with Gasteiger partial charge >= 0.3 is 5.97 Å². The molecule has 0 radical (unpaired) electrons. The van der Waals surface area contributed by atoms with E-state index in [9.17, 15) is 9.59 Å². The van der Waals surface area contributed by atoms with Gasteiger partial charge in [0.2, 0.25) is 0 Å². The standard InChI is InChI=1S/C16H21NO4/c1-5-6-21-9-13(16(19)20)17-15(18)14-11(3)7-10(2)8-12(14)4/h5,7-8,13H,1,6,9H2,2-4H3,(H,17,18)(H,19,20). The molecule has 0 aromatic heterocycles. The molecule has 1 unspecified atom stereocenters. The Bertz CT molecular complexity index is 528. The van der Waals surface area contributed by atoms with Gasteiger partial charge in [-0.05, 0) is 31.9 Å². The van der Waals surface area contributed by atoms with Crippen molar-refractivity contribution in [3.63, 3.8) is 0 Å². The lowest BCUT2D eigenvalue weighted by Gasteiger charge is -2.17. The summed E-state index contributed by atoms with van der Waals surface area (Å²) in [6, 6.07) is 2.70. The third kappa shape index (κ3) is 4.72. The molecule has 2 N–H and O–H groups in total. The average molecular weight is 291 g/mol. The number of nitrogens with one attached hydrogen (secondary N) is 1. The van der Waals surface area contributed by atoms with E-state index in [2.05, 4.69) is 11.9 Å². The normalized spacial score (nSPS) is 11.8. The van der Waals surface area contributed by atoms with E-state index in [1.807, 2.05) is 32.9 Å². The van der Waals surface area contributed by atoms with E-state index in [4.69, 9.17) is 9.84 Å². The number of carboxylic acids is 1. The first-order valence-electron chi connectivity index (χ1n) is 6.67. The Morgan fingerprint density at radius 1 is 1.33 bits per heavy atom. The van der Waals surface area contributed by atoms with Crippen molar-refractivity contribution in [2.24, 2.45) is 0 Å². The Kier molecular flexibility index (Phi) is 6.11. The highest BCUT2D eigenvalue weighted by atomic mass is 16.5.